The van der Waals surface area contributed by atoms with Crippen molar-refractivity contribution in [2.75, 3.05) is 5.32 Å². The summed E-state index contributed by atoms with van der Waals surface area (Å²) in [5.74, 6) is -2.34. The van der Waals surface area contributed by atoms with Gasteiger partial charge in [-0.3, -0.25) is 9.59 Å². The van der Waals surface area contributed by atoms with E-state index >= 15 is 0 Å². The third kappa shape index (κ3) is 2.87. The Morgan fingerprint density at radius 2 is 2.00 bits per heavy atom. The summed E-state index contributed by atoms with van der Waals surface area (Å²) in [6.45, 7) is 1.94. The number of rotatable bonds is 3. The van der Waals surface area contributed by atoms with Crippen LogP contribution >= 0.6 is 11.3 Å². The molecule has 5 nitrogen and oxygen atoms in total. The summed E-state index contributed by atoms with van der Waals surface area (Å²) in [7, 11) is 0. The number of benzene rings is 1. The molecule has 114 valence electrons. The molecule has 0 aliphatic heterocycles. The molecule has 1 aromatic heterocycles. The molecule has 0 saturated carbocycles. The summed E-state index contributed by atoms with van der Waals surface area (Å²) in [4.78, 5) is 28.1. The Labute approximate surface area is 131 Å². The van der Waals surface area contributed by atoms with Crippen LogP contribution in [0.5, 0.6) is 0 Å². The van der Waals surface area contributed by atoms with E-state index in [0.29, 0.717) is 18.5 Å². The van der Waals surface area contributed by atoms with E-state index in [9.17, 15) is 14.7 Å². The van der Waals surface area contributed by atoms with Crippen molar-refractivity contribution in [2.45, 2.75) is 19.8 Å². The maximum absolute atomic E-state index is 12.4. The lowest BCUT2D eigenvalue weighted by molar-refractivity contribution is -0.146. The summed E-state index contributed by atoms with van der Waals surface area (Å²) >= 11 is 1.57. The number of fused-ring (bicyclic) bond motifs is 1. The third-order valence-corrected chi connectivity index (χ3v) is 4.78. The first-order chi connectivity index (χ1) is 10.5. The second-order valence-electron chi connectivity index (χ2n) is 5.40. The SMILES string of the molecule is Cc1nc2ccc(NC(=O)[C@@H]3CC=CC[C@H]3C(=O)O)cc2s1. The predicted molar refractivity (Wildman–Crippen MR) is 86.0 cm³/mol. The topological polar surface area (TPSA) is 79.3 Å². The summed E-state index contributed by atoms with van der Waals surface area (Å²) in [5, 5.41) is 13.1. The number of aryl methyl sites for hydroxylation is 1. The first kappa shape index (κ1) is 14.7. The van der Waals surface area contributed by atoms with Crippen LogP contribution in [0.2, 0.25) is 0 Å². The predicted octanol–water partition coefficient (Wildman–Crippen LogP) is 3.21. The van der Waals surface area contributed by atoms with Gasteiger partial charge in [-0.15, -0.1) is 11.3 Å². The second kappa shape index (κ2) is 5.88. The molecule has 22 heavy (non-hydrogen) atoms. The van der Waals surface area contributed by atoms with E-state index < -0.39 is 17.8 Å². The fourth-order valence-electron chi connectivity index (χ4n) is 2.73. The van der Waals surface area contributed by atoms with Crippen LogP contribution in [0.3, 0.4) is 0 Å². The van der Waals surface area contributed by atoms with Gasteiger partial charge in [0, 0.05) is 5.69 Å². The number of aliphatic carboxylic acids is 1. The standard InChI is InChI=1S/C16H16N2O3S/c1-9-17-13-7-6-10(8-14(13)22-9)18-15(19)11-4-2-3-5-12(11)16(20)21/h2-3,6-8,11-12H,4-5H2,1H3,(H,18,19)(H,20,21)/t11-,12-/m1/s1. The number of allylic oxidation sites excluding steroid dienone is 2. The third-order valence-electron chi connectivity index (χ3n) is 3.85. The fraction of sp³-hybridized carbons (Fsp3) is 0.312. The molecule has 3 rings (SSSR count). The molecular weight excluding hydrogens is 300 g/mol. The number of carboxylic acid groups (broad SMARTS) is 1. The van der Waals surface area contributed by atoms with Crippen molar-refractivity contribution in [1.82, 2.24) is 4.98 Å². The zero-order valence-corrected chi connectivity index (χ0v) is 12.9. The molecule has 2 atom stereocenters. The van der Waals surface area contributed by atoms with E-state index in [0.717, 1.165) is 15.2 Å². The summed E-state index contributed by atoms with van der Waals surface area (Å²) in [5.41, 5.74) is 1.59. The minimum absolute atomic E-state index is 0.239. The Morgan fingerprint density at radius 1 is 1.27 bits per heavy atom. The number of thiazole rings is 1. The first-order valence-corrected chi connectivity index (χ1v) is 7.92. The summed E-state index contributed by atoms with van der Waals surface area (Å²) < 4.78 is 1.01. The number of carboxylic acids is 1. The molecule has 0 spiro atoms. The van der Waals surface area contributed by atoms with E-state index in [1.165, 1.54) is 0 Å². The minimum Gasteiger partial charge on any atom is -0.481 e. The quantitative estimate of drug-likeness (QED) is 0.852. The number of nitrogens with one attached hydrogen (secondary N) is 1. The van der Waals surface area contributed by atoms with Gasteiger partial charge in [0.05, 0.1) is 27.1 Å². The molecular formula is C16H16N2O3S. The van der Waals surface area contributed by atoms with Gasteiger partial charge in [0.1, 0.15) is 0 Å². The minimum atomic E-state index is -0.918. The molecule has 0 unspecified atom stereocenters. The molecule has 0 fully saturated rings. The molecule has 0 saturated heterocycles. The van der Waals surface area contributed by atoms with Gasteiger partial charge in [0.25, 0.3) is 0 Å². The van der Waals surface area contributed by atoms with E-state index in [2.05, 4.69) is 10.3 Å². The van der Waals surface area contributed by atoms with Gasteiger partial charge in [-0.2, -0.15) is 0 Å². The van der Waals surface area contributed by atoms with Crippen LogP contribution in [0.15, 0.2) is 30.4 Å². The molecule has 1 aromatic carbocycles. The number of nitrogens with zero attached hydrogens (tertiary/aromatic N) is 1. The molecule has 2 N–H and O–H groups in total. The molecule has 6 heteroatoms. The zero-order chi connectivity index (χ0) is 15.7. The molecule has 1 amide bonds. The Balaban J connectivity index is 1.79. The average Bonchev–Trinajstić information content (AvgIpc) is 2.86. The highest BCUT2D eigenvalue weighted by Crippen LogP contribution is 2.29. The van der Waals surface area contributed by atoms with E-state index in [1.54, 1.807) is 17.4 Å². The smallest absolute Gasteiger partial charge is 0.307 e. The lowest BCUT2D eigenvalue weighted by Gasteiger charge is -2.24. The van der Waals surface area contributed by atoms with Gasteiger partial charge in [0.2, 0.25) is 5.91 Å². The molecule has 0 radical (unpaired) electrons. The Morgan fingerprint density at radius 3 is 2.73 bits per heavy atom. The van der Waals surface area contributed by atoms with Gasteiger partial charge in [-0.25, -0.2) is 4.98 Å². The van der Waals surface area contributed by atoms with E-state index in [-0.39, 0.29) is 5.91 Å². The highest BCUT2D eigenvalue weighted by molar-refractivity contribution is 7.18. The van der Waals surface area contributed by atoms with Crippen molar-refractivity contribution >= 4 is 39.1 Å². The van der Waals surface area contributed by atoms with Gasteiger partial charge in [0.15, 0.2) is 0 Å². The highest BCUT2D eigenvalue weighted by atomic mass is 32.1. The number of aromatic nitrogens is 1. The van der Waals surface area contributed by atoms with Crippen molar-refractivity contribution in [1.29, 1.82) is 0 Å². The maximum atomic E-state index is 12.4. The lowest BCUT2D eigenvalue weighted by atomic mass is 9.82. The van der Waals surface area contributed by atoms with Crippen LogP contribution in [-0.4, -0.2) is 22.0 Å². The number of hydrogen-bond donors (Lipinski definition) is 2. The van der Waals surface area contributed by atoms with Gasteiger partial charge >= 0.3 is 5.97 Å². The van der Waals surface area contributed by atoms with E-state index in [4.69, 9.17) is 0 Å². The number of carbonyl (C=O) groups is 2. The van der Waals surface area contributed by atoms with Crippen LogP contribution in [0.25, 0.3) is 10.2 Å². The van der Waals surface area contributed by atoms with Crippen molar-refractivity contribution in [3.05, 3.63) is 35.4 Å². The van der Waals surface area contributed by atoms with Gasteiger partial charge in [-0.1, -0.05) is 12.2 Å². The molecule has 1 aliphatic carbocycles. The maximum Gasteiger partial charge on any atom is 0.307 e. The highest BCUT2D eigenvalue weighted by Gasteiger charge is 2.33. The average molecular weight is 316 g/mol. The van der Waals surface area contributed by atoms with Crippen LogP contribution in [0.1, 0.15) is 17.8 Å². The van der Waals surface area contributed by atoms with Crippen LogP contribution in [0.4, 0.5) is 5.69 Å². The van der Waals surface area contributed by atoms with Crippen LogP contribution in [-0.2, 0) is 9.59 Å². The van der Waals surface area contributed by atoms with Crippen molar-refractivity contribution < 1.29 is 14.7 Å². The van der Waals surface area contributed by atoms with Gasteiger partial charge < -0.3 is 10.4 Å². The van der Waals surface area contributed by atoms with Crippen molar-refractivity contribution in [3.8, 4) is 0 Å². The molecule has 1 heterocycles. The number of anilines is 1. The zero-order valence-electron chi connectivity index (χ0n) is 12.1. The molecule has 0 bridgehead atoms. The normalized spacial score (nSPS) is 21.0. The number of carbonyl (C=O) groups excluding carboxylic acids is 1. The fourth-order valence-corrected chi connectivity index (χ4v) is 3.60. The first-order valence-electron chi connectivity index (χ1n) is 7.10. The summed E-state index contributed by atoms with van der Waals surface area (Å²) in [6.07, 6.45) is 4.57. The Hall–Kier alpha value is -2.21. The van der Waals surface area contributed by atoms with Crippen molar-refractivity contribution in [3.63, 3.8) is 0 Å². The lowest BCUT2D eigenvalue weighted by Crippen LogP contribution is -2.34. The molecule has 2 aromatic rings. The van der Waals surface area contributed by atoms with Crippen LogP contribution in [0, 0.1) is 18.8 Å². The monoisotopic (exact) mass is 316 g/mol. The summed E-state index contributed by atoms with van der Waals surface area (Å²) in [6, 6.07) is 5.55. The Kier molecular flexibility index (Phi) is 3.94. The van der Waals surface area contributed by atoms with Crippen LogP contribution < -0.4 is 5.32 Å². The Bertz CT molecular complexity index is 766. The second-order valence-corrected chi connectivity index (χ2v) is 6.63. The number of amides is 1. The number of hydrogen-bond acceptors (Lipinski definition) is 4. The van der Waals surface area contributed by atoms with E-state index in [1.807, 2.05) is 31.2 Å². The van der Waals surface area contributed by atoms with Gasteiger partial charge in [-0.05, 0) is 38.0 Å². The largest absolute Gasteiger partial charge is 0.481 e. The van der Waals surface area contributed by atoms with Crippen molar-refractivity contribution in [2.24, 2.45) is 11.8 Å². The molecule has 1 aliphatic rings.